The van der Waals surface area contributed by atoms with Crippen molar-refractivity contribution in [2.45, 2.75) is 13.3 Å². The SMILES string of the molecule is CCCNC(=O)COC(=O)c1cc(I)ccc1N. The summed E-state index contributed by atoms with van der Waals surface area (Å²) in [6.07, 6.45) is 0.837. The van der Waals surface area contributed by atoms with Gasteiger partial charge in [-0.25, -0.2) is 4.79 Å². The number of nitrogens with two attached hydrogens (primary N) is 1. The zero-order chi connectivity index (χ0) is 13.5. The van der Waals surface area contributed by atoms with Crippen LogP contribution in [0.25, 0.3) is 0 Å². The van der Waals surface area contributed by atoms with Crippen LogP contribution in [0.1, 0.15) is 23.7 Å². The molecule has 1 rings (SSSR count). The zero-order valence-corrected chi connectivity index (χ0v) is 12.2. The van der Waals surface area contributed by atoms with Gasteiger partial charge in [0.25, 0.3) is 5.91 Å². The third kappa shape index (κ3) is 4.52. The molecule has 0 atom stereocenters. The molecule has 6 heteroatoms. The molecule has 0 fully saturated rings. The predicted molar refractivity (Wildman–Crippen MR) is 77.2 cm³/mol. The van der Waals surface area contributed by atoms with Crippen molar-refractivity contribution in [1.29, 1.82) is 0 Å². The number of halogens is 1. The van der Waals surface area contributed by atoms with Gasteiger partial charge >= 0.3 is 5.97 Å². The summed E-state index contributed by atoms with van der Waals surface area (Å²) in [7, 11) is 0. The highest BCUT2D eigenvalue weighted by Crippen LogP contribution is 2.16. The summed E-state index contributed by atoms with van der Waals surface area (Å²) >= 11 is 2.07. The maximum absolute atomic E-state index is 11.7. The Labute approximate surface area is 119 Å². The molecule has 0 spiro atoms. The van der Waals surface area contributed by atoms with E-state index in [1.54, 1.807) is 18.2 Å². The van der Waals surface area contributed by atoms with Gasteiger partial charge in [-0.15, -0.1) is 0 Å². The molecule has 0 aliphatic heterocycles. The summed E-state index contributed by atoms with van der Waals surface area (Å²) in [6.45, 7) is 2.23. The van der Waals surface area contributed by atoms with Gasteiger partial charge < -0.3 is 15.8 Å². The highest BCUT2D eigenvalue weighted by Gasteiger charge is 2.13. The van der Waals surface area contributed by atoms with Crippen molar-refractivity contribution in [2.75, 3.05) is 18.9 Å². The number of rotatable bonds is 5. The van der Waals surface area contributed by atoms with Gasteiger partial charge in [0.1, 0.15) is 0 Å². The van der Waals surface area contributed by atoms with E-state index in [2.05, 4.69) is 27.9 Å². The Morgan fingerprint density at radius 1 is 1.44 bits per heavy atom. The summed E-state index contributed by atoms with van der Waals surface area (Å²) in [5.41, 5.74) is 6.30. The van der Waals surface area contributed by atoms with E-state index in [0.29, 0.717) is 12.2 Å². The maximum Gasteiger partial charge on any atom is 0.340 e. The number of nitrogen functional groups attached to an aromatic ring is 1. The second-order valence-corrected chi connectivity index (χ2v) is 4.90. The van der Waals surface area contributed by atoms with Crippen LogP contribution in [0.2, 0.25) is 0 Å². The van der Waals surface area contributed by atoms with Crippen molar-refractivity contribution in [2.24, 2.45) is 0 Å². The molecule has 3 N–H and O–H groups in total. The minimum Gasteiger partial charge on any atom is -0.452 e. The fourth-order valence-corrected chi connectivity index (χ4v) is 1.72. The average Bonchev–Trinajstić information content (AvgIpc) is 2.36. The normalized spacial score (nSPS) is 9.89. The van der Waals surface area contributed by atoms with Gasteiger partial charge in [-0.05, 0) is 47.2 Å². The average molecular weight is 362 g/mol. The third-order valence-corrected chi connectivity index (χ3v) is 2.81. The van der Waals surface area contributed by atoms with Gasteiger partial charge in [0.15, 0.2) is 6.61 Å². The lowest BCUT2D eigenvalue weighted by Crippen LogP contribution is -2.29. The molecule has 0 aliphatic rings. The molecule has 0 saturated heterocycles. The monoisotopic (exact) mass is 362 g/mol. The van der Waals surface area contributed by atoms with Crippen LogP contribution in [-0.2, 0) is 9.53 Å². The molecule has 0 aromatic heterocycles. The number of hydrogen-bond donors (Lipinski definition) is 2. The lowest BCUT2D eigenvalue weighted by Gasteiger charge is -2.07. The van der Waals surface area contributed by atoms with E-state index in [0.717, 1.165) is 9.99 Å². The fourth-order valence-electron chi connectivity index (χ4n) is 1.23. The van der Waals surface area contributed by atoms with E-state index in [1.165, 1.54) is 0 Å². The summed E-state index contributed by atoms with van der Waals surface area (Å²) in [5, 5.41) is 2.62. The van der Waals surface area contributed by atoms with Crippen LogP contribution in [0, 0.1) is 3.57 Å². The molecule has 18 heavy (non-hydrogen) atoms. The van der Waals surface area contributed by atoms with Crippen LogP contribution >= 0.6 is 22.6 Å². The molecule has 0 saturated carbocycles. The summed E-state index contributed by atoms with van der Waals surface area (Å²) < 4.78 is 5.77. The second kappa shape index (κ2) is 7.20. The van der Waals surface area contributed by atoms with Gasteiger partial charge in [0.2, 0.25) is 0 Å². The first-order chi connectivity index (χ1) is 8.54. The van der Waals surface area contributed by atoms with Crippen LogP contribution < -0.4 is 11.1 Å². The van der Waals surface area contributed by atoms with Crippen molar-refractivity contribution in [1.82, 2.24) is 5.32 Å². The molecule has 1 aromatic rings. The summed E-state index contributed by atoms with van der Waals surface area (Å²) in [6, 6.07) is 5.05. The zero-order valence-electron chi connectivity index (χ0n) is 10.0. The molecule has 1 aromatic carbocycles. The predicted octanol–water partition coefficient (Wildman–Crippen LogP) is 1.56. The Morgan fingerprint density at radius 2 is 2.17 bits per heavy atom. The Balaban J connectivity index is 2.55. The highest BCUT2D eigenvalue weighted by molar-refractivity contribution is 14.1. The number of esters is 1. The van der Waals surface area contributed by atoms with E-state index in [9.17, 15) is 9.59 Å². The number of amides is 1. The van der Waals surface area contributed by atoms with Crippen LogP contribution in [0.5, 0.6) is 0 Å². The van der Waals surface area contributed by atoms with Gasteiger partial charge in [-0.2, -0.15) is 0 Å². The first kappa shape index (κ1) is 14.7. The Morgan fingerprint density at radius 3 is 2.83 bits per heavy atom. The van der Waals surface area contributed by atoms with Crippen molar-refractivity contribution in [3.05, 3.63) is 27.3 Å². The fraction of sp³-hybridized carbons (Fsp3) is 0.333. The van der Waals surface area contributed by atoms with Crippen LogP contribution in [-0.4, -0.2) is 25.0 Å². The summed E-state index contributed by atoms with van der Waals surface area (Å²) in [4.78, 5) is 23.0. The van der Waals surface area contributed by atoms with Crippen LogP contribution in [0.15, 0.2) is 18.2 Å². The van der Waals surface area contributed by atoms with Gasteiger partial charge in [-0.3, -0.25) is 4.79 Å². The number of anilines is 1. The van der Waals surface area contributed by atoms with E-state index in [-0.39, 0.29) is 18.1 Å². The lowest BCUT2D eigenvalue weighted by atomic mass is 10.2. The molecule has 0 radical (unpaired) electrons. The molecule has 0 bridgehead atoms. The third-order valence-electron chi connectivity index (χ3n) is 2.14. The molecule has 98 valence electrons. The number of carbonyl (C=O) groups excluding carboxylic acids is 2. The van der Waals surface area contributed by atoms with Crippen LogP contribution in [0.3, 0.4) is 0 Å². The second-order valence-electron chi connectivity index (χ2n) is 3.66. The number of nitrogens with one attached hydrogen (secondary N) is 1. The van der Waals surface area contributed by atoms with Gasteiger partial charge in [0, 0.05) is 15.8 Å². The quantitative estimate of drug-likeness (QED) is 0.473. The number of hydrogen-bond acceptors (Lipinski definition) is 4. The van der Waals surface area contributed by atoms with E-state index >= 15 is 0 Å². The number of carbonyl (C=O) groups is 2. The first-order valence-corrected chi connectivity index (χ1v) is 6.61. The minimum atomic E-state index is -0.585. The maximum atomic E-state index is 11.7. The first-order valence-electron chi connectivity index (χ1n) is 5.53. The van der Waals surface area contributed by atoms with Crippen molar-refractivity contribution in [3.8, 4) is 0 Å². The highest BCUT2D eigenvalue weighted by atomic mass is 127. The van der Waals surface area contributed by atoms with Crippen LogP contribution in [0.4, 0.5) is 5.69 Å². The minimum absolute atomic E-state index is 0.283. The Kier molecular flexibility index (Phi) is 5.90. The largest absolute Gasteiger partial charge is 0.452 e. The summed E-state index contributed by atoms with van der Waals surface area (Å²) in [5.74, 6) is -0.896. The smallest absolute Gasteiger partial charge is 0.340 e. The Hall–Kier alpha value is -1.31. The van der Waals surface area contributed by atoms with Crippen molar-refractivity contribution < 1.29 is 14.3 Å². The lowest BCUT2D eigenvalue weighted by molar-refractivity contribution is -0.124. The topological polar surface area (TPSA) is 81.4 Å². The van der Waals surface area contributed by atoms with E-state index in [4.69, 9.17) is 10.5 Å². The number of ether oxygens (including phenoxy) is 1. The standard InChI is InChI=1S/C12H15IN2O3/c1-2-5-15-11(16)7-18-12(17)9-6-8(13)3-4-10(9)14/h3-4,6H,2,5,7,14H2,1H3,(H,15,16). The Bertz CT molecular complexity index is 449. The molecule has 0 aliphatic carbocycles. The van der Waals surface area contributed by atoms with E-state index in [1.807, 2.05) is 6.92 Å². The van der Waals surface area contributed by atoms with E-state index < -0.39 is 5.97 Å². The molecule has 1 amide bonds. The molecule has 0 heterocycles. The molecular weight excluding hydrogens is 347 g/mol. The molecule has 0 unspecified atom stereocenters. The molecule has 5 nitrogen and oxygen atoms in total. The van der Waals surface area contributed by atoms with Crippen molar-refractivity contribution in [3.63, 3.8) is 0 Å². The van der Waals surface area contributed by atoms with Crippen molar-refractivity contribution >= 4 is 40.2 Å². The van der Waals surface area contributed by atoms with Gasteiger partial charge in [0.05, 0.1) is 5.56 Å². The number of benzene rings is 1. The van der Waals surface area contributed by atoms with Gasteiger partial charge in [-0.1, -0.05) is 6.92 Å². The molecular formula is C12H15IN2O3.